The van der Waals surface area contributed by atoms with Crippen LogP contribution < -0.4 is 4.57 Å². The molecule has 21 heavy (non-hydrogen) atoms. The molecule has 0 saturated heterocycles. The highest BCUT2D eigenvalue weighted by atomic mass is 15.0. The lowest BCUT2D eigenvalue weighted by molar-refractivity contribution is -0.695. The van der Waals surface area contributed by atoms with Gasteiger partial charge in [-0.15, -0.1) is 0 Å². The molecule has 0 unspecified atom stereocenters. The van der Waals surface area contributed by atoms with Crippen molar-refractivity contribution < 1.29 is 4.57 Å². The van der Waals surface area contributed by atoms with Gasteiger partial charge in [0.2, 0.25) is 11.4 Å². The van der Waals surface area contributed by atoms with E-state index in [0.717, 1.165) is 0 Å². The minimum atomic E-state index is 0.400. The molecule has 1 aromatic heterocycles. The molecular formula is C20H20N+. The molecule has 0 aliphatic heterocycles. The molecule has 104 valence electrons. The van der Waals surface area contributed by atoms with Crippen molar-refractivity contribution in [3.05, 3.63) is 78.9 Å². The van der Waals surface area contributed by atoms with Gasteiger partial charge in [0.05, 0.1) is 0 Å². The lowest BCUT2D eigenvalue weighted by Crippen LogP contribution is -2.40. The van der Waals surface area contributed by atoms with Gasteiger partial charge in [0.15, 0.2) is 6.04 Å². The number of rotatable bonds is 3. The Hall–Kier alpha value is -2.41. The fourth-order valence-corrected chi connectivity index (χ4v) is 2.77. The van der Waals surface area contributed by atoms with Crippen molar-refractivity contribution in [2.24, 2.45) is 0 Å². The average molecular weight is 274 g/mol. The summed E-state index contributed by atoms with van der Waals surface area (Å²) in [7, 11) is 0. The predicted octanol–water partition coefficient (Wildman–Crippen LogP) is 4.89. The minimum Gasteiger partial charge on any atom is -0.189 e. The molecule has 3 aromatic rings. The van der Waals surface area contributed by atoms with Gasteiger partial charge in [0.25, 0.3) is 0 Å². The van der Waals surface area contributed by atoms with Gasteiger partial charge in [-0.2, -0.15) is 4.57 Å². The van der Waals surface area contributed by atoms with Crippen molar-refractivity contribution in [2.75, 3.05) is 0 Å². The summed E-state index contributed by atoms with van der Waals surface area (Å²) >= 11 is 0. The van der Waals surface area contributed by atoms with Crippen LogP contribution in [0.3, 0.4) is 0 Å². The maximum absolute atomic E-state index is 2.41. The lowest BCUT2D eigenvalue weighted by atomic mass is 10.1. The van der Waals surface area contributed by atoms with Crippen LogP contribution in [0.5, 0.6) is 0 Å². The quantitative estimate of drug-likeness (QED) is 0.599. The van der Waals surface area contributed by atoms with Gasteiger partial charge in [0, 0.05) is 23.3 Å². The standard InChI is InChI=1S/C20H20N/c1-16(2)21-19(17-10-5-3-6-11-17)14-9-15-20(21)18-12-7-4-8-13-18/h3-16H,1-2H3/q+1. The fourth-order valence-electron chi connectivity index (χ4n) is 2.77. The van der Waals surface area contributed by atoms with Crippen molar-refractivity contribution in [1.82, 2.24) is 0 Å². The summed E-state index contributed by atoms with van der Waals surface area (Å²) in [6.45, 7) is 4.47. The Morgan fingerprint density at radius 3 is 1.38 bits per heavy atom. The third-order valence-electron chi connectivity index (χ3n) is 3.68. The van der Waals surface area contributed by atoms with Crippen molar-refractivity contribution >= 4 is 0 Å². The van der Waals surface area contributed by atoms with E-state index in [-0.39, 0.29) is 0 Å². The first-order chi connectivity index (χ1) is 10.3. The lowest BCUT2D eigenvalue weighted by Gasteiger charge is -2.12. The Balaban J connectivity index is 2.24. The Morgan fingerprint density at radius 1 is 0.571 bits per heavy atom. The highest BCUT2D eigenvalue weighted by Gasteiger charge is 2.21. The molecular weight excluding hydrogens is 254 g/mol. The topological polar surface area (TPSA) is 3.88 Å². The van der Waals surface area contributed by atoms with E-state index in [0.29, 0.717) is 6.04 Å². The average Bonchev–Trinajstić information content (AvgIpc) is 2.55. The van der Waals surface area contributed by atoms with Crippen LogP contribution in [0, 0.1) is 0 Å². The zero-order valence-corrected chi connectivity index (χ0v) is 12.5. The summed E-state index contributed by atoms with van der Waals surface area (Å²) in [5.74, 6) is 0. The molecule has 0 saturated carbocycles. The minimum absolute atomic E-state index is 0.400. The Bertz CT molecular complexity index is 658. The summed E-state index contributed by atoms with van der Waals surface area (Å²) in [5.41, 5.74) is 5.02. The third kappa shape index (κ3) is 2.73. The molecule has 3 rings (SSSR count). The fraction of sp³-hybridized carbons (Fsp3) is 0.150. The van der Waals surface area contributed by atoms with Gasteiger partial charge in [-0.05, 0) is 44.2 Å². The number of hydrogen-bond acceptors (Lipinski definition) is 0. The highest BCUT2D eigenvalue weighted by molar-refractivity contribution is 5.61. The van der Waals surface area contributed by atoms with Crippen LogP contribution in [0.15, 0.2) is 78.9 Å². The molecule has 1 nitrogen and oxygen atoms in total. The van der Waals surface area contributed by atoms with E-state index in [4.69, 9.17) is 0 Å². The number of aromatic nitrogens is 1. The smallest absolute Gasteiger partial charge is 0.189 e. The molecule has 0 atom stereocenters. The second kappa shape index (κ2) is 5.92. The maximum atomic E-state index is 2.41. The molecule has 1 heteroatoms. The summed E-state index contributed by atoms with van der Waals surface area (Å²) in [5, 5.41) is 0. The first-order valence-electron chi connectivity index (χ1n) is 7.43. The van der Waals surface area contributed by atoms with Gasteiger partial charge in [0.1, 0.15) is 0 Å². The zero-order chi connectivity index (χ0) is 14.7. The van der Waals surface area contributed by atoms with Gasteiger partial charge in [-0.25, -0.2) is 0 Å². The second-order valence-corrected chi connectivity index (χ2v) is 5.49. The maximum Gasteiger partial charge on any atom is 0.213 e. The van der Waals surface area contributed by atoms with Crippen LogP contribution in [0.25, 0.3) is 22.5 Å². The number of hydrogen-bond donors (Lipinski definition) is 0. The molecule has 0 N–H and O–H groups in total. The van der Waals surface area contributed by atoms with Gasteiger partial charge in [-0.3, -0.25) is 0 Å². The molecule has 0 amide bonds. The Morgan fingerprint density at radius 2 is 1.00 bits per heavy atom. The molecule has 0 bridgehead atoms. The van der Waals surface area contributed by atoms with E-state index >= 15 is 0 Å². The Labute approximate surface area is 126 Å². The zero-order valence-electron chi connectivity index (χ0n) is 12.5. The number of benzene rings is 2. The molecule has 0 radical (unpaired) electrons. The first kappa shape index (κ1) is 13.6. The summed E-state index contributed by atoms with van der Waals surface area (Å²) in [6.07, 6.45) is 0. The molecule has 0 spiro atoms. The van der Waals surface area contributed by atoms with Crippen LogP contribution in [0.1, 0.15) is 19.9 Å². The monoisotopic (exact) mass is 274 g/mol. The van der Waals surface area contributed by atoms with Crippen molar-refractivity contribution in [3.63, 3.8) is 0 Å². The largest absolute Gasteiger partial charge is 0.213 e. The number of nitrogens with zero attached hydrogens (tertiary/aromatic N) is 1. The van der Waals surface area contributed by atoms with Crippen LogP contribution in [-0.2, 0) is 0 Å². The second-order valence-electron chi connectivity index (χ2n) is 5.49. The van der Waals surface area contributed by atoms with E-state index in [1.165, 1.54) is 22.5 Å². The molecule has 1 heterocycles. The first-order valence-corrected chi connectivity index (χ1v) is 7.43. The van der Waals surface area contributed by atoms with Gasteiger partial charge < -0.3 is 0 Å². The summed E-state index contributed by atoms with van der Waals surface area (Å²) in [4.78, 5) is 0. The van der Waals surface area contributed by atoms with Crippen LogP contribution >= 0.6 is 0 Å². The Kier molecular flexibility index (Phi) is 3.83. The van der Waals surface area contributed by atoms with E-state index in [1.807, 2.05) is 0 Å². The summed E-state index contributed by atoms with van der Waals surface area (Å²) in [6, 6.07) is 28.1. The van der Waals surface area contributed by atoms with E-state index in [1.54, 1.807) is 0 Å². The van der Waals surface area contributed by atoms with Crippen molar-refractivity contribution in [3.8, 4) is 22.5 Å². The molecule has 0 aliphatic rings. The summed E-state index contributed by atoms with van der Waals surface area (Å²) < 4.78 is 2.41. The molecule has 0 fully saturated rings. The molecule has 2 aromatic carbocycles. The number of pyridine rings is 1. The van der Waals surface area contributed by atoms with Crippen LogP contribution in [0.2, 0.25) is 0 Å². The normalized spacial score (nSPS) is 10.8. The van der Waals surface area contributed by atoms with E-state index in [2.05, 4.69) is 97.3 Å². The SMILES string of the molecule is CC(C)[n+]1c(-c2ccccc2)cccc1-c1ccccc1. The highest BCUT2D eigenvalue weighted by Crippen LogP contribution is 2.22. The van der Waals surface area contributed by atoms with Crippen LogP contribution in [-0.4, -0.2) is 0 Å². The van der Waals surface area contributed by atoms with Crippen molar-refractivity contribution in [1.29, 1.82) is 0 Å². The predicted molar refractivity (Wildman–Crippen MR) is 87.9 cm³/mol. The van der Waals surface area contributed by atoms with E-state index < -0.39 is 0 Å². The van der Waals surface area contributed by atoms with Crippen molar-refractivity contribution in [2.45, 2.75) is 19.9 Å². The molecule has 0 aliphatic carbocycles. The van der Waals surface area contributed by atoms with E-state index in [9.17, 15) is 0 Å². The van der Waals surface area contributed by atoms with Gasteiger partial charge in [-0.1, -0.05) is 36.4 Å². The third-order valence-corrected chi connectivity index (χ3v) is 3.68. The van der Waals surface area contributed by atoms with Crippen LogP contribution in [0.4, 0.5) is 0 Å². The van der Waals surface area contributed by atoms with Gasteiger partial charge >= 0.3 is 0 Å².